The van der Waals surface area contributed by atoms with Crippen molar-refractivity contribution in [2.75, 3.05) is 0 Å². The minimum Gasteiger partial charge on any atom is -0.208 e. The summed E-state index contributed by atoms with van der Waals surface area (Å²) in [5.41, 5.74) is 19.2. The van der Waals surface area contributed by atoms with Crippen LogP contribution in [0.3, 0.4) is 0 Å². The summed E-state index contributed by atoms with van der Waals surface area (Å²) >= 11 is 0. The molecule has 10 aromatic carbocycles. The number of fused-ring (bicyclic) bond motifs is 3. The van der Waals surface area contributed by atoms with E-state index in [1.807, 2.05) is 60.7 Å². The molecule has 0 N–H and O–H groups in total. The van der Waals surface area contributed by atoms with Crippen LogP contribution in [-0.2, 0) is 5.41 Å². The van der Waals surface area contributed by atoms with Gasteiger partial charge in [-0.2, -0.15) is 0 Å². The first kappa shape index (κ1) is 39.8. The summed E-state index contributed by atoms with van der Waals surface area (Å²) in [6, 6.07) is 93.5. The van der Waals surface area contributed by atoms with Crippen molar-refractivity contribution in [2.45, 2.75) is 5.41 Å². The second-order valence-electron chi connectivity index (χ2n) is 17.1. The fourth-order valence-electron chi connectivity index (χ4n) is 10.1. The van der Waals surface area contributed by atoms with E-state index in [1.54, 1.807) is 0 Å². The van der Waals surface area contributed by atoms with Crippen molar-refractivity contribution in [1.29, 1.82) is 0 Å². The fraction of sp³-hybridized carbons (Fsp3) is 0.0156. The topological polar surface area (TPSA) is 38.7 Å². The molecule has 0 saturated heterocycles. The molecule has 0 aliphatic heterocycles. The Morgan fingerprint density at radius 2 is 0.582 bits per heavy atom. The lowest BCUT2D eigenvalue weighted by molar-refractivity contribution is 0.769. The van der Waals surface area contributed by atoms with Gasteiger partial charge in [-0.25, -0.2) is 15.0 Å². The molecule has 3 heteroatoms. The van der Waals surface area contributed by atoms with Gasteiger partial charge in [-0.15, -0.1) is 0 Å². The van der Waals surface area contributed by atoms with Crippen molar-refractivity contribution in [2.24, 2.45) is 0 Å². The van der Waals surface area contributed by atoms with E-state index in [0.717, 1.165) is 33.4 Å². The zero-order valence-electron chi connectivity index (χ0n) is 36.7. The number of aromatic nitrogens is 3. The molecule has 3 nitrogen and oxygen atoms in total. The van der Waals surface area contributed by atoms with Crippen LogP contribution in [-0.4, -0.2) is 15.0 Å². The smallest absolute Gasteiger partial charge is 0.164 e. The Balaban J connectivity index is 1.00. The average Bonchev–Trinajstić information content (AvgIpc) is 3.72. The third kappa shape index (κ3) is 7.15. The van der Waals surface area contributed by atoms with E-state index in [9.17, 15) is 0 Å². The lowest BCUT2D eigenvalue weighted by atomic mass is 9.67. The molecule has 0 bridgehead atoms. The van der Waals surface area contributed by atoms with Gasteiger partial charge in [0.25, 0.3) is 0 Å². The molecular formula is C64H43N3. The van der Waals surface area contributed by atoms with E-state index < -0.39 is 5.41 Å². The van der Waals surface area contributed by atoms with Crippen molar-refractivity contribution in [3.8, 4) is 89.8 Å². The molecule has 314 valence electrons. The van der Waals surface area contributed by atoms with Gasteiger partial charge in [-0.1, -0.05) is 243 Å². The van der Waals surface area contributed by atoms with Crippen LogP contribution in [0.25, 0.3) is 89.8 Å². The maximum Gasteiger partial charge on any atom is 0.164 e. The quantitative estimate of drug-likeness (QED) is 0.145. The minimum atomic E-state index is -0.519. The Bertz CT molecular complexity index is 3420. The number of nitrogens with zero attached hydrogens (tertiary/aromatic N) is 3. The second-order valence-corrected chi connectivity index (χ2v) is 17.1. The van der Waals surface area contributed by atoms with Gasteiger partial charge < -0.3 is 0 Å². The van der Waals surface area contributed by atoms with Crippen molar-refractivity contribution in [1.82, 2.24) is 15.0 Å². The highest BCUT2D eigenvalue weighted by molar-refractivity contribution is 5.95. The van der Waals surface area contributed by atoms with E-state index in [4.69, 9.17) is 15.0 Å². The predicted molar refractivity (Wildman–Crippen MR) is 275 cm³/mol. The summed E-state index contributed by atoms with van der Waals surface area (Å²) in [5.74, 6) is 1.92. The minimum absolute atomic E-state index is 0.519. The van der Waals surface area contributed by atoms with E-state index in [0.29, 0.717) is 17.5 Å². The maximum absolute atomic E-state index is 5.03. The molecule has 0 atom stereocenters. The summed E-state index contributed by atoms with van der Waals surface area (Å²) in [6.45, 7) is 0. The maximum atomic E-state index is 5.03. The SMILES string of the molecule is c1ccc(-c2ccc(-c3cc4c(cc3-c3ccc(-c5cccc(-c6nc(-c7ccccc7)nc(-c7ccccc7)n6)c5)cc3)C(c3ccccc3)(c3ccccc3)c3ccccc3-4)cc2)cc1. The van der Waals surface area contributed by atoms with Crippen molar-refractivity contribution in [3.63, 3.8) is 0 Å². The lowest BCUT2D eigenvalue weighted by Crippen LogP contribution is -2.28. The van der Waals surface area contributed by atoms with Crippen LogP contribution in [0.4, 0.5) is 0 Å². The first-order valence-electron chi connectivity index (χ1n) is 22.8. The molecule has 1 aliphatic carbocycles. The zero-order chi connectivity index (χ0) is 44.6. The lowest BCUT2D eigenvalue weighted by Gasteiger charge is -2.34. The Morgan fingerprint density at radius 1 is 0.209 bits per heavy atom. The van der Waals surface area contributed by atoms with Crippen LogP contribution in [0.15, 0.2) is 261 Å². The van der Waals surface area contributed by atoms with Gasteiger partial charge >= 0.3 is 0 Å². The first-order valence-corrected chi connectivity index (χ1v) is 22.8. The molecule has 11 aromatic rings. The zero-order valence-corrected chi connectivity index (χ0v) is 36.7. The van der Waals surface area contributed by atoms with Crippen LogP contribution < -0.4 is 0 Å². The van der Waals surface area contributed by atoms with Crippen molar-refractivity contribution < 1.29 is 0 Å². The van der Waals surface area contributed by atoms with Crippen LogP contribution in [0.2, 0.25) is 0 Å². The predicted octanol–water partition coefficient (Wildman–Crippen LogP) is 15.9. The van der Waals surface area contributed by atoms with Gasteiger partial charge in [0.05, 0.1) is 5.41 Å². The second kappa shape index (κ2) is 17.0. The molecular weight excluding hydrogens is 811 g/mol. The third-order valence-corrected chi connectivity index (χ3v) is 13.2. The normalized spacial score (nSPS) is 12.3. The van der Waals surface area contributed by atoms with Gasteiger partial charge in [-0.05, 0) is 96.1 Å². The van der Waals surface area contributed by atoms with Gasteiger partial charge in [0.15, 0.2) is 17.5 Å². The molecule has 67 heavy (non-hydrogen) atoms. The fourth-order valence-corrected chi connectivity index (χ4v) is 10.1. The summed E-state index contributed by atoms with van der Waals surface area (Å²) in [5, 5.41) is 0. The standard InChI is InChI=1S/C64H43N3/c1-6-19-44(20-7-1)45-33-37-47(38-34-45)56-42-58-55-31-16-17-32-59(55)64(53-27-12-4-13-28-53,54-29-14-5-15-30-54)60(58)43-57(56)48-39-35-46(36-40-48)51-25-18-26-52(41-51)63-66-61(49-21-8-2-9-22-49)65-62(67-63)50-23-10-3-11-24-50/h1-43H. The number of rotatable bonds is 9. The van der Waals surface area contributed by atoms with E-state index in [1.165, 1.54) is 61.2 Å². The van der Waals surface area contributed by atoms with Gasteiger partial charge in [-0.3, -0.25) is 0 Å². The monoisotopic (exact) mass is 853 g/mol. The Kier molecular flexibility index (Phi) is 10.1. The van der Waals surface area contributed by atoms with Gasteiger partial charge in [0.2, 0.25) is 0 Å². The third-order valence-electron chi connectivity index (χ3n) is 13.2. The summed E-state index contributed by atoms with van der Waals surface area (Å²) < 4.78 is 0. The highest BCUT2D eigenvalue weighted by Crippen LogP contribution is 2.58. The van der Waals surface area contributed by atoms with E-state index >= 15 is 0 Å². The van der Waals surface area contributed by atoms with Crippen LogP contribution in [0.5, 0.6) is 0 Å². The van der Waals surface area contributed by atoms with Crippen LogP contribution in [0.1, 0.15) is 22.3 Å². The van der Waals surface area contributed by atoms with Crippen molar-refractivity contribution in [3.05, 3.63) is 283 Å². The Morgan fingerprint density at radius 3 is 1.12 bits per heavy atom. The molecule has 1 aromatic heterocycles. The van der Waals surface area contributed by atoms with Crippen LogP contribution in [0, 0.1) is 0 Å². The molecule has 12 rings (SSSR count). The highest BCUT2D eigenvalue weighted by atomic mass is 15.0. The molecule has 1 heterocycles. The Labute approximate surface area is 391 Å². The number of hydrogen-bond donors (Lipinski definition) is 0. The van der Waals surface area contributed by atoms with E-state index in [2.05, 4.69) is 200 Å². The molecule has 0 amide bonds. The largest absolute Gasteiger partial charge is 0.208 e. The van der Waals surface area contributed by atoms with Crippen molar-refractivity contribution >= 4 is 0 Å². The Hall–Kier alpha value is -8.79. The van der Waals surface area contributed by atoms with Crippen LogP contribution >= 0.6 is 0 Å². The summed E-state index contributed by atoms with van der Waals surface area (Å²) in [6.07, 6.45) is 0. The molecule has 0 radical (unpaired) electrons. The summed E-state index contributed by atoms with van der Waals surface area (Å²) in [4.78, 5) is 15.0. The van der Waals surface area contributed by atoms with Gasteiger partial charge in [0.1, 0.15) is 0 Å². The summed E-state index contributed by atoms with van der Waals surface area (Å²) in [7, 11) is 0. The first-order chi connectivity index (χ1) is 33.2. The van der Waals surface area contributed by atoms with E-state index in [-0.39, 0.29) is 0 Å². The van der Waals surface area contributed by atoms with Gasteiger partial charge in [0, 0.05) is 16.7 Å². The molecule has 0 unspecified atom stereocenters. The number of hydrogen-bond acceptors (Lipinski definition) is 3. The molecule has 0 saturated carbocycles. The molecule has 1 aliphatic rings. The number of benzene rings is 10. The molecule has 0 spiro atoms. The average molecular weight is 854 g/mol. The highest BCUT2D eigenvalue weighted by Gasteiger charge is 2.46. The molecule has 0 fully saturated rings.